The predicted molar refractivity (Wildman–Crippen MR) is 171 cm³/mol. The van der Waals surface area contributed by atoms with Crippen molar-refractivity contribution in [2.24, 2.45) is 9.85 Å². The molecule has 0 aliphatic carbocycles. The Kier molecular flexibility index (Phi) is 6.18. The van der Waals surface area contributed by atoms with Gasteiger partial charge in [-0.3, -0.25) is 0 Å². The number of hydrogen-bond donors (Lipinski definition) is 0. The molecule has 0 bridgehead atoms. The zero-order valence-corrected chi connectivity index (χ0v) is 24.4. The smallest absolute Gasteiger partial charge is 0.179 e. The zero-order chi connectivity index (χ0) is 27.3. The third-order valence-electron chi connectivity index (χ3n) is 8.71. The molecule has 4 aromatic carbocycles. The van der Waals surface area contributed by atoms with Crippen molar-refractivity contribution in [3.63, 3.8) is 0 Å². The molecule has 202 valence electrons. The van der Waals surface area contributed by atoms with Crippen LogP contribution in [0.3, 0.4) is 0 Å². The summed E-state index contributed by atoms with van der Waals surface area (Å²) in [6.45, 7) is 6.75. The number of fused-ring (bicyclic) bond motifs is 2. The third kappa shape index (κ3) is 3.79. The average Bonchev–Trinajstić information content (AvgIpc) is 3.46. The van der Waals surface area contributed by atoms with Gasteiger partial charge in [-0.1, -0.05) is 93.1 Å². The van der Waals surface area contributed by atoms with Gasteiger partial charge in [-0.05, 0) is 48.1 Å². The van der Waals surface area contributed by atoms with Crippen LogP contribution in [0.5, 0.6) is 0 Å². The second-order valence-electron chi connectivity index (χ2n) is 11.5. The van der Waals surface area contributed by atoms with Gasteiger partial charge in [0, 0.05) is 42.3 Å². The minimum absolute atomic E-state index is 0.186. The Labute approximate surface area is 237 Å². The van der Waals surface area contributed by atoms with E-state index in [0.29, 0.717) is 0 Å². The van der Waals surface area contributed by atoms with Crippen LogP contribution < -0.4 is 9.68 Å². The lowest BCUT2D eigenvalue weighted by Crippen LogP contribution is -2.34. The summed E-state index contributed by atoms with van der Waals surface area (Å²) < 4.78 is 10.9. The Morgan fingerprint density at radius 1 is 0.775 bits per heavy atom. The Bertz CT molecular complexity index is 1690. The molecule has 40 heavy (non-hydrogen) atoms. The van der Waals surface area contributed by atoms with E-state index in [1.54, 1.807) is 0 Å². The Hall–Kier alpha value is -3.66. The van der Waals surface area contributed by atoms with E-state index >= 15 is 0 Å². The van der Waals surface area contributed by atoms with Crippen molar-refractivity contribution < 1.29 is 0 Å². The molecule has 0 spiro atoms. The van der Waals surface area contributed by atoms with E-state index in [2.05, 4.69) is 139 Å². The topological polar surface area (TPSA) is 34.4 Å². The highest BCUT2D eigenvalue weighted by Crippen LogP contribution is 2.71. The molecule has 3 heterocycles. The number of likely N-dealkylation sites (N-methyl/N-ethyl adjacent to an activating group) is 1. The summed E-state index contributed by atoms with van der Waals surface area (Å²) in [5.41, 5.74) is 5.87. The summed E-state index contributed by atoms with van der Waals surface area (Å²) in [4.78, 5) is 2.41. The van der Waals surface area contributed by atoms with Gasteiger partial charge in [0.2, 0.25) is 0 Å². The maximum atomic E-state index is 5.94. The van der Waals surface area contributed by atoms with Crippen LogP contribution in [0.1, 0.15) is 38.7 Å². The van der Waals surface area contributed by atoms with Gasteiger partial charge in [0.05, 0.1) is 22.9 Å². The van der Waals surface area contributed by atoms with Gasteiger partial charge in [-0.2, -0.15) is 5.10 Å². The number of rotatable bonds is 3. The van der Waals surface area contributed by atoms with Gasteiger partial charge >= 0.3 is 0 Å². The van der Waals surface area contributed by atoms with Crippen molar-refractivity contribution in [3.05, 3.63) is 114 Å². The standard InChI is InChI=1S/C34H36N5P/c1-34(2)29-20-10-11-22-31(29)37(3)33(34)32-25-35-39(27-17-6-4-7-18-27)40(32,38-23-12-5-13-24-38)36-30-21-14-16-26-15-8-9-19-28(26)30/h4,6-11,14-22,25H,5,12-13,23-24H2,1-3H3/b33-32-/t40-/m1/s1. The second-order valence-corrected chi connectivity index (χ2v) is 14.2. The molecule has 3 aliphatic rings. The highest BCUT2D eigenvalue weighted by molar-refractivity contribution is 7.71. The molecule has 0 amide bonds. The molecular weight excluding hydrogens is 509 g/mol. The highest BCUT2D eigenvalue weighted by Gasteiger charge is 2.49. The minimum Gasteiger partial charge on any atom is -0.346 e. The minimum atomic E-state index is -2.58. The molecule has 0 radical (unpaired) electrons. The van der Waals surface area contributed by atoms with Gasteiger partial charge < -0.3 is 4.90 Å². The highest BCUT2D eigenvalue weighted by atomic mass is 31.2. The number of allylic oxidation sites excluding steroid dienone is 2. The maximum absolute atomic E-state index is 5.94. The molecular formula is C34H36N5P. The Morgan fingerprint density at radius 3 is 2.27 bits per heavy atom. The number of nitrogens with zero attached hydrogens (tertiary/aromatic N) is 5. The van der Waals surface area contributed by atoms with Gasteiger partial charge in [0.1, 0.15) is 0 Å². The SMILES string of the molecule is CN1/C(=C2/C=NN(c3ccccc3)[P@]2(=Nc2cccc3ccccc23)N2CCCCC2)C(C)(C)c2ccccc21. The van der Waals surface area contributed by atoms with E-state index in [4.69, 9.17) is 9.85 Å². The molecule has 0 N–H and O–H groups in total. The molecule has 3 aliphatic heterocycles. The molecule has 1 saturated heterocycles. The van der Waals surface area contributed by atoms with E-state index in [-0.39, 0.29) is 5.41 Å². The van der Waals surface area contributed by atoms with Crippen LogP contribution >= 0.6 is 7.36 Å². The van der Waals surface area contributed by atoms with Crippen LogP contribution in [0.4, 0.5) is 17.1 Å². The van der Waals surface area contributed by atoms with Crippen molar-refractivity contribution in [1.82, 2.24) is 4.67 Å². The van der Waals surface area contributed by atoms with Crippen LogP contribution in [-0.2, 0) is 5.41 Å². The number of hydrogen-bond acceptors (Lipinski definition) is 3. The Balaban J connectivity index is 1.59. The molecule has 6 heteroatoms. The van der Waals surface area contributed by atoms with Crippen molar-refractivity contribution >= 4 is 41.4 Å². The van der Waals surface area contributed by atoms with Gasteiger partial charge in [-0.15, -0.1) is 0 Å². The maximum Gasteiger partial charge on any atom is 0.179 e. The molecule has 1 atom stereocenters. The summed E-state index contributed by atoms with van der Waals surface area (Å²) in [6.07, 6.45) is 5.76. The quantitative estimate of drug-likeness (QED) is 0.241. The van der Waals surface area contributed by atoms with Crippen molar-refractivity contribution in [2.75, 3.05) is 29.8 Å². The monoisotopic (exact) mass is 545 g/mol. The normalized spacial score (nSPS) is 24.1. The van der Waals surface area contributed by atoms with Crippen molar-refractivity contribution in [2.45, 2.75) is 38.5 Å². The van der Waals surface area contributed by atoms with E-state index in [1.165, 1.54) is 52.3 Å². The van der Waals surface area contributed by atoms with E-state index in [0.717, 1.165) is 24.5 Å². The summed E-state index contributed by atoms with van der Waals surface area (Å²) in [5, 5.41) is 8.90. The molecule has 5 nitrogen and oxygen atoms in total. The van der Waals surface area contributed by atoms with Gasteiger partial charge in [0.15, 0.2) is 7.36 Å². The summed E-state index contributed by atoms with van der Waals surface area (Å²) in [7, 11) is -0.358. The molecule has 0 aromatic heterocycles. The lowest BCUT2D eigenvalue weighted by Gasteiger charge is -2.43. The molecule has 1 fully saturated rings. The van der Waals surface area contributed by atoms with Crippen molar-refractivity contribution in [1.29, 1.82) is 0 Å². The first-order valence-corrected chi connectivity index (χ1v) is 16.0. The average molecular weight is 546 g/mol. The van der Waals surface area contributed by atoms with Gasteiger partial charge in [0.25, 0.3) is 0 Å². The number of anilines is 2. The number of para-hydroxylation sites is 2. The fourth-order valence-corrected chi connectivity index (χ4v) is 10.8. The third-order valence-corrected chi connectivity index (χ3v) is 12.2. The number of benzene rings is 4. The first-order valence-electron chi connectivity index (χ1n) is 14.4. The van der Waals surface area contributed by atoms with Crippen molar-refractivity contribution in [3.8, 4) is 0 Å². The van der Waals surface area contributed by atoms with E-state index in [1.807, 2.05) is 0 Å². The summed E-state index contributed by atoms with van der Waals surface area (Å²) in [5.74, 6) is 0. The largest absolute Gasteiger partial charge is 0.346 e. The lowest BCUT2D eigenvalue weighted by atomic mass is 9.84. The van der Waals surface area contributed by atoms with Crippen LogP contribution in [0.25, 0.3) is 10.8 Å². The second kappa shape index (κ2) is 9.76. The molecule has 7 rings (SSSR count). The fraction of sp³-hybridized carbons (Fsp3) is 0.265. The summed E-state index contributed by atoms with van der Waals surface area (Å²) >= 11 is 0. The molecule has 0 unspecified atom stereocenters. The van der Waals surface area contributed by atoms with E-state index < -0.39 is 7.36 Å². The number of piperidine rings is 1. The molecule has 0 saturated carbocycles. The van der Waals surface area contributed by atoms with Crippen LogP contribution in [0, 0.1) is 0 Å². The zero-order valence-electron chi connectivity index (χ0n) is 23.5. The first-order chi connectivity index (χ1) is 19.5. The fourth-order valence-electron chi connectivity index (χ4n) is 6.84. The summed E-state index contributed by atoms with van der Waals surface area (Å²) in [6, 6.07) is 34.6. The Morgan fingerprint density at radius 2 is 1.48 bits per heavy atom. The molecule has 4 aromatic rings. The van der Waals surface area contributed by atoms with Crippen LogP contribution in [0.15, 0.2) is 118 Å². The van der Waals surface area contributed by atoms with E-state index in [9.17, 15) is 0 Å². The van der Waals surface area contributed by atoms with Gasteiger partial charge in [-0.25, -0.2) is 14.2 Å². The lowest BCUT2D eigenvalue weighted by molar-refractivity contribution is 0.366. The number of hydrazone groups is 1. The predicted octanol–water partition coefficient (Wildman–Crippen LogP) is 9.13. The van der Waals surface area contributed by atoms with Crippen LogP contribution in [0.2, 0.25) is 0 Å². The van der Waals surface area contributed by atoms with Crippen LogP contribution in [-0.4, -0.2) is 31.0 Å². The first kappa shape index (κ1) is 25.3.